The number of Topliss-reactive ketones (excluding diaryl/α,β-unsaturated/α-hetero) is 1. The predicted octanol–water partition coefficient (Wildman–Crippen LogP) is 2.32. The largest absolute Gasteiger partial charge is 0.458 e. The zero-order valence-corrected chi connectivity index (χ0v) is 18.4. The summed E-state index contributed by atoms with van der Waals surface area (Å²) in [6.07, 6.45) is 3.14. The van der Waals surface area contributed by atoms with Crippen molar-refractivity contribution in [2.75, 3.05) is 6.61 Å². The molecule has 0 saturated heterocycles. The van der Waals surface area contributed by atoms with Gasteiger partial charge in [0.25, 0.3) is 0 Å². The molecule has 9 atom stereocenters. The molecule has 0 spiro atoms. The van der Waals surface area contributed by atoms with Gasteiger partial charge in [0.15, 0.2) is 12.4 Å². The summed E-state index contributed by atoms with van der Waals surface area (Å²) in [6.45, 7) is 6.13. The van der Waals surface area contributed by atoms with E-state index in [9.17, 15) is 24.6 Å². The molecule has 170 valence electrons. The Hall–Kier alpha value is -1.86. The van der Waals surface area contributed by atoms with Gasteiger partial charge in [0.2, 0.25) is 5.78 Å². The maximum atomic E-state index is 15.4. The summed E-state index contributed by atoms with van der Waals surface area (Å²) in [6, 6.07) is 0. The van der Waals surface area contributed by atoms with Gasteiger partial charge in [0, 0.05) is 23.7 Å². The van der Waals surface area contributed by atoms with Gasteiger partial charge in [-0.25, -0.2) is 4.39 Å². The molecule has 4 rings (SSSR count). The smallest absolute Gasteiger partial charge is 0.303 e. The number of alkyl halides is 1. The zero-order valence-electron chi connectivity index (χ0n) is 18.4. The lowest BCUT2D eigenvalue weighted by Gasteiger charge is -2.60. The van der Waals surface area contributed by atoms with Crippen LogP contribution in [-0.2, 0) is 19.1 Å². The number of carbonyl (C=O) groups excluding carboxylic acids is 3. The SMILES string of the molecule is CC(=O)OCC(=O)[C@@]1(O)[C@H](C)C[C@H]2[C@@H]3C[C@H](F)C4=CC(=O)C=C[C@]4(C)[C@H]3[C@H](O)C[C@@]21C. The van der Waals surface area contributed by atoms with Crippen LogP contribution in [0.2, 0.25) is 0 Å². The third kappa shape index (κ3) is 2.92. The van der Waals surface area contributed by atoms with Gasteiger partial charge in [-0.15, -0.1) is 0 Å². The summed E-state index contributed by atoms with van der Waals surface area (Å²) in [4.78, 5) is 36.2. The molecule has 0 aromatic heterocycles. The molecule has 0 bridgehead atoms. The standard InChI is InChI=1S/C24H31FO6/c1-12-7-16-15-9-18(25)17-8-14(27)5-6-22(17,3)21(15)19(28)10-23(16,4)24(12,30)20(29)11-31-13(2)26/h5-6,8,12,15-16,18-19,21,28,30H,7,9-11H2,1-4H3/t12-,15+,16+,18+,19-,21-,22+,23+,24+/m1/s1. The van der Waals surface area contributed by atoms with Crippen molar-refractivity contribution in [3.05, 3.63) is 23.8 Å². The molecule has 0 unspecified atom stereocenters. The van der Waals surface area contributed by atoms with Crippen LogP contribution in [0.3, 0.4) is 0 Å². The van der Waals surface area contributed by atoms with Gasteiger partial charge in [0.05, 0.1) is 6.10 Å². The van der Waals surface area contributed by atoms with Crippen LogP contribution in [0.1, 0.15) is 47.0 Å². The van der Waals surface area contributed by atoms with Gasteiger partial charge in [-0.1, -0.05) is 26.8 Å². The molecule has 0 aliphatic heterocycles. The van der Waals surface area contributed by atoms with Gasteiger partial charge >= 0.3 is 5.97 Å². The number of fused-ring (bicyclic) bond motifs is 5. The monoisotopic (exact) mass is 434 g/mol. The van der Waals surface area contributed by atoms with Crippen LogP contribution in [0.25, 0.3) is 0 Å². The topological polar surface area (TPSA) is 101 Å². The molecule has 31 heavy (non-hydrogen) atoms. The third-order valence-electron chi connectivity index (χ3n) is 8.89. The summed E-state index contributed by atoms with van der Waals surface area (Å²) in [5, 5.41) is 23.0. The second kappa shape index (κ2) is 7.07. The number of carbonyl (C=O) groups is 3. The summed E-state index contributed by atoms with van der Waals surface area (Å²) in [5.74, 6) is -2.62. The number of ketones is 2. The maximum absolute atomic E-state index is 15.4. The van der Waals surface area contributed by atoms with Crippen molar-refractivity contribution >= 4 is 17.5 Å². The van der Waals surface area contributed by atoms with Crippen LogP contribution in [0.15, 0.2) is 23.8 Å². The molecule has 0 radical (unpaired) electrons. The Bertz CT molecular complexity index is 895. The average Bonchev–Trinajstić information content (AvgIpc) is 2.88. The Morgan fingerprint density at radius 2 is 1.97 bits per heavy atom. The van der Waals surface area contributed by atoms with E-state index in [2.05, 4.69) is 0 Å². The normalized spacial score (nSPS) is 48.4. The first kappa shape index (κ1) is 22.3. The lowest BCUT2D eigenvalue weighted by Crippen LogP contribution is -2.63. The summed E-state index contributed by atoms with van der Waals surface area (Å²) in [5.41, 5.74) is -3.13. The fourth-order valence-corrected chi connectivity index (χ4v) is 7.54. The fourth-order valence-electron chi connectivity index (χ4n) is 7.54. The Morgan fingerprint density at radius 3 is 2.61 bits per heavy atom. The average molecular weight is 435 g/mol. The number of allylic oxidation sites excluding steroid dienone is 4. The highest BCUT2D eigenvalue weighted by Crippen LogP contribution is 2.68. The second-order valence-corrected chi connectivity index (χ2v) is 10.4. The fraction of sp³-hybridized carbons (Fsp3) is 0.708. The number of halogens is 1. The van der Waals surface area contributed by atoms with E-state index in [-0.39, 0.29) is 36.4 Å². The van der Waals surface area contributed by atoms with E-state index in [1.165, 1.54) is 19.1 Å². The van der Waals surface area contributed by atoms with E-state index in [4.69, 9.17) is 4.74 Å². The highest BCUT2D eigenvalue weighted by Gasteiger charge is 2.71. The van der Waals surface area contributed by atoms with Crippen molar-refractivity contribution < 1.29 is 33.7 Å². The number of aliphatic hydroxyl groups excluding tert-OH is 1. The van der Waals surface area contributed by atoms with E-state index in [0.29, 0.717) is 12.0 Å². The Labute approximate surface area is 181 Å². The van der Waals surface area contributed by atoms with E-state index < -0.39 is 53.0 Å². The quantitative estimate of drug-likeness (QED) is 0.661. The molecule has 3 fully saturated rings. The van der Waals surface area contributed by atoms with Crippen molar-refractivity contribution in [2.24, 2.45) is 34.5 Å². The zero-order chi connectivity index (χ0) is 22.9. The van der Waals surface area contributed by atoms with Gasteiger partial charge in [-0.2, -0.15) is 0 Å². The second-order valence-electron chi connectivity index (χ2n) is 10.4. The minimum Gasteiger partial charge on any atom is -0.458 e. The number of esters is 1. The molecule has 2 N–H and O–H groups in total. The first-order valence-corrected chi connectivity index (χ1v) is 11.0. The maximum Gasteiger partial charge on any atom is 0.303 e. The summed E-state index contributed by atoms with van der Waals surface area (Å²) >= 11 is 0. The van der Waals surface area contributed by atoms with E-state index in [1.807, 2.05) is 6.92 Å². The lowest BCUT2D eigenvalue weighted by molar-refractivity contribution is -0.187. The van der Waals surface area contributed by atoms with E-state index in [0.717, 1.165) is 0 Å². The molecule has 4 aliphatic rings. The van der Waals surface area contributed by atoms with Crippen LogP contribution in [0.4, 0.5) is 4.39 Å². The first-order valence-electron chi connectivity index (χ1n) is 11.0. The molecular weight excluding hydrogens is 403 g/mol. The molecule has 0 heterocycles. The van der Waals surface area contributed by atoms with Crippen molar-refractivity contribution in [3.63, 3.8) is 0 Å². The molecule has 3 saturated carbocycles. The van der Waals surface area contributed by atoms with Crippen molar-refractivity contribution in [2.45, 2.75) is 64.8 Å². The molecule has 7 heteroatoms. The number of rotatable bonds is 3. The van der Waals surface area contributed by atoms with Crippen LogP contribution in [0, 0.1) is 34.5 Å². The Morgan fingerprint density at radius 1 is 1.29 bits per heavy atom. The highest BCUT2D eigenvalue weighted by atomic mass is 19.1. The van der Waals surface area contributed by atoms with Gasteiger partial charge in [0.1, 0.15) is 11.8 Å². The summed E-state index contributed by atoms with van der Waals surface area (Å²) < 4.78 is 20.2. The Kier molecular flexibility index (Phi) is 5.10. The number of ether oxygens (including phenoxy) is 1. The lowest BCUT2D eigenvalue weighted by atomic mass is 9.46. The highest BCUT2D eigenvalue weighted by molar-refractivity contribution is 6.01. The number of hydrogen-bond donors (Lipinski definition) is 2. The molecule has 0 amide bonds. The van der Waals surface area contributed by atoms with Crippen molar-refractivity contribution in [1.29, 1.82) is 0 Å². The molecule has 4 aliphatic carbocycles. The number of hydrogen-bond acceptors (Lipinski definition) is 6. The van der Waals surface area contributed by atoms with E-state index >= 15 is 4.39 Å². The van der Waals surface area contributed by atoms with Gasteiger partial charge < -0.3 is 14.9 Å². The number of aliphatic hydroxyl groups is 2. The van der Waals surface area contributed by atoms with Crippen molar-refractivity contribution in [3.8, 4) is 0 Å². The predicted molar refractivity (Wildman–Crippen MR) is 109 cm³/mol. The minimum absolute atomic E-state index is 0.144. The molecule has 0 aromatic rings. The Balaban J connectivity index is 1.74. The third-order valence-corrected chi connectivity index (χ3v) is 8.89. The summed E-state index contributed by atoms with van der Waals surface area (Å²) in [7, 11) is 0. The van der Waals surface area contributed by atoms with Crippen molar-refractivity contribution in [1.82, 2.24) is 0 Å². The molecular formula is C24H31FO6. The van der Waals surface area contributed by atoms with E-state index in [1.54, 1.807) is 19.9 Å². The van der Waals surface area contributed by atoms with Crippen LogP contribution < -0.4 is 0 Å². The van der Waals surface area contributed by atoms with Gasteiger partial charge in [-0.3, -0.25) is 14.4 Å². The first-order chi connectivity index (χ1) is 14.4. The van der Waals surface area contributed by atoms with Crippen LogP contribution >= 0.6 is 0 Å². The molecule has 6 nitrogen and oxygen atoms in total. The minimum atomic E-state index is -1.78. The van der Waals surface area contributed by atoms with Gasteiger partial charge in [-0.05, 0) is 54.7 Å². The van der Waals surface area contributed by atoms with Crippen LogP contribution in [0.5, 0.6) is 0 Å². The molecule has 0 aromatic carbocycles. The van der Waals surface area contributed by atoms with Crippen LogP contribution in [-0.4, -0.2) is 52.2 Å².